The van der Waals surface area contributed by atoms with Crippen LogP contribution < -0.4 is 4.90 Å². The summed E-state index contributed by atoms with van der Waals surface area (Å²) in [7, 11) is 0. The standard InChI is InChI=1S/C22H28N4O2S/c1-4-16(3)29(27)14-19-12-21(26-9-10-28-13-15(26)2)25-22(24-19)18-5-6-20-17(11-18)7-8-23-20/h5-8,11-12,15-16,23H,4,9-10,13-14H2,1-3H3/t15-,16?,29?/m1/s1. The molecule has 4 rings (SSSR count). The number of aromatic nitrogens is 3. The third-order valence-corrected chi connectivity index (χ3v) is 7.36. The number of aromatic amines is 1. The molecule has 1 saturated heterocycles. The van der Waals surface area contributed by atoms with Crippen molar-refractivity contribution in [3.8, 4) is 11.4 Å². The summed E-state index contributed by atoms with van der Waals surface area (Å²) in [4.78, 5) is 15.2. The maximum Gasteiger partial charge on any atom is 0.161 e. The maximum absolute atomic E-state index is 12.7. The molecule has 1 aliphatic rings. The molecule has 0 aliphatic carbocycles. The van der Waals surface area contributed by atoms with E-state index in [0.29, 0.717) is 24.8 Å². The summed E-state index contributed by atoms with van der Waals surface area (Å²) >= 11 is -0.957. The normalized spacial score (nSPS) is 19.4. The molecular weight excluding hydrogens is 384 g/mol. The van der Waals surface area contributed by atoms with Gasteiger partial charge in [-0.15, -0.1) is 0 Å². The highest BCUT2D eigenvalue weighted by atomic mass is 32.2. The van der Waals surface area contributed by atoms with E-state index in [-0.39, 0.29) is 11.3 Å². The fourth-order valence-electron chi connectivity index (χ4n) is 3.57. The van der Waals surface area contributed by atoms with E-state index in [0.717, 1.165) is 40.9 Å². The summed E-state index contributed by atoms with van der Waals surface area (Å²) in [6.45, 7) is 8.41. The van der Waals surface area contributed by atoms with Gasteiger partial charge in [0.05, 0.1) is 24.9 Å². The molecular formula is C22H28N4O2S. The predicted molar refractivity (Wildman–Crippen MR) is 119 cm³/mol. The third-order valence-electron chi connectivity index (χ3n) is 5.55. The molecule has 1 N–H and O–H groups in total. The molecule has 3 heterocycles. The molecule has 2 unspecified atom stereocenters. The number of hydrogen-bond donors (Lipinski definition) is 1. The molecule has 29 heavy (non-hydrogen) atoms. The van der Waals surface area contributed by atoms with E-state index in [9.17, 15) is 4.55 Å². The molecule has 3 atom stereocenters. The number of benzene rings is 1. The zero-order chi connectivity index (χ0) is 20.4. The Balaban J connectivity index is 1.74. The van der Waals surface area contributed by atoms with E-state index in [1.165, 1.54) is 0 Å². The Morgan fingerprint density at radius 1 is 1.31 bits per heavy atom. The first-order valence-electron chi connectivity index (χ1n) is 10.2. The SMILES string of the molecule is CCC(C)[S+]([O-])Cc1cc(N2CCOC[C@H]2C)nc(-c2ccc3[nH]ccc3c2)n1. The van der Waals surface area contributed by atoms with Crippen molar-refractivity contribution in [1.29, 1.82) is 0 Å². The van der Waals surface area contributed by atoms with Crippen LogP contribution in [0.3, 0.4) is 0 Å². The van der Waals surface area contributed by atoms with Crippen LogP contribution in [0, 0.1) is 0 Å². The van der Waals surface area contributed by atoms with Crippen molar-refractivity contribution in [3.05, 3.63) is 42.2 Å². The molecule has 2 aromatic heterocycles. The highest BCUT2D eigenvalue weighted by molar-refractivity contribution is 7.91. The van der Waals surface area contributed by atoms with E-state index >= 15 is 0 Å². The smallest absolute Gasteiger partial charge is 0.161 e. The van der Waals surface area contributed by atoms with Crippen LogP contribution in [-0.2, 0) is 21.7 Å². The molecule has 7 heteroatoms. The lowest BCUT2D eigenvalue weighted by molar-refractivity contribution is 0.0985. The number of H-pyrrole nitrogens is 1. The minimum absolute atomic E-state index is 0.149. The van der Waals surface area contributed by atoms with Gasteiger partial charge in [0.25, 0.3) is 0 Å². The number of rotatable bonds is 6. The minimum Gasteiger partial charge on any atom is -0.616 e. The summed E-state index contributed by atoms with van der Waals surface area (Å²) in [5.41, 5.74) is 2.89. The average Bonchev–Trinajstić information content (AvgIpc) is 3.21. The average molecular weight is 413 g/mol. The van der Waals surface area contributed by atoms with Gasteiger partial charge in [-0.25, -0.2) is 9.97 Å². The molecule has 0 spiro atoms. The van der Waals surface area contributed by atoms with Gasteiger partial charge < -0.3 is 19.2 Å². The summed E-state index contributed by atoms with van der Waals surface area (Å²) in [6.07, 6.45) is 2.82. The molecule has 1 aliphatic heterocycles. The van der Waals surface area contributed by atoms with Gasteiger partial charge in [0.2, 0.25) is 0 Å². The molecule has 0 amide bonds. The Labute approximate surface area is 174 Å². The lowest BCUT2D eigenvalue weighted by Gasteiger charge is -2.34. The zero-order valence-electron chi connectivity index (χ0n) is 17.2. The van der Waals surface area contributed by atoms with Crippen LogP contribution >= 0.6 is 0 Å². The van der Waals surface area contributed by atoms with Gasteiger partial charge in [0.1, 0.15) is 16.8 Å². The van der Waals surface area contributed by atoms with E-state index < -0.39 is 11.2 Å². The first-order chi connectivity index (χ1) is 14.0. The molecule has 6 nitrogen and oxygen atoms in total. The molecule has 0 saturated carbocycles. The van der Waals surface area contributed by atoms with Crippen molar-refractivity contribution in [1.82, 2.24) is 15.0 Å². The maximum atomic E-state index is 12.7. The summed E-state index contributed by atoms with van der Waals surface area (Å²) in [5.74, 6) is 2.01. The summed E-state index contributed by atoms with van der Waals surface area (Å²) in [6, 6.07) is 10.5. The van der Waals surface area contributed by atoms with Crippen LogP contribution in [0.1, 0.15) is 32.9 Å². The predicted octanol–water partition coefficient (Wildman–Crippen LogP) is 3.90. The highest BCUT2D eigenvalue weighted by Crippen LogP contribution is 2.26. The lowest BCUT2D eigenvalue weighted by atomic mass is 10.1. The first kappa shape index (κ1) is 20.2. The van der Waals surface area contributed by atoms with Crippen molar-refractivity contribution < 1.29 is 9.29 Å². The monoisotopic (exact) mass is 412 g/mol. The highest BCUT2D eigenvalue weighted by Gasteiger charge is 2.24. The molecule has 3 aromatic rings. The van der Waals surface area contributed by atoms with Crippen LogP contribution in [0.15, 0.2) is 36.5 Å². The number of hydrogen-bond acceptors (Lipinski definition) is 5. The minimum atomic E-state index is -0.957. The summed E-state index contributed by atoms with van der Waals surface area (Å²) < 4.78 is 18.3. The first-order valence-corrected chi connectivity index (χ1v) is 11.6. The van der Waals surface area contributed by atoms with Crippen LogP contribution in [0.4, 0.5) is 5.82 Å². The molecule has 1 fully saturated rings. The van der Waals surface area contributed by atoms with Gasteiger partial charge in [0, 0.05) is 35.3 Å². The Morgan fingerprint density at radius 2 is 2.17 bits per heavy atom. The van der Waals surface area contributed by atoms with Crippen LogP contribution in [0.2, 0.25) is 0 Å². The lowest BCUT2D eigenvalue weighted by Crippen LogP contribution is -2.44. The number of morpholine rings is 1. The van der Waals surface area contributed by atoms with Gasteiger partial charge >= 0.3 is 0 Å². The van der Waals surface area contributed by atoms with Crippen molar-refractivity contribution >= 4 is 27.9 Å². The number of fused-ring (bicyclic) bond motifs is 1. The van der Waals surface area contributed by atoms with Crippen LogP contribution in [-0.4, -0.2) is 50.6 Å². The zero-order valence-corrected chi connectivity index (χ0v) is 18.0. The second kappa shape index (κ2) is 8.73. The second-order valence-electron chi connectivity index (χ2n) is 7.68. The van der Waals surface area contributed by atoms with Gasteiger partial charge in [-0.1, -0.05) is 6.92 Å². The van der Waals surface area contributed by atoms with Crippen molar-refractivity contribution in [3.63, 3.8) is 0 Å². The molecule has 0 bridgehead atoms. The van der Waals surface area contributed by atoms with E-state index in [4.69, 9.17) is 14.7 Å². The van der Waals surface area contributed by atoms with Gasteiger partial charge in [0.15, 0.2) is 5.82 Å². The van der Waals surface area contributed by atoms with Crippen molar-refractivity contribution in [2.45, 2.75) is 44.2 Å². The van der Waals surface area contributed by atoms with E-state index in [1.54, 1.807) is 0 Å². The van der Waals surface area contributed by atoms with Gasteiger partial charge in [-0.2, -0.15) is 0 Å². The third kappa shape index (κ3) is 4.42. The van der Waals surface area contributed by atoms with Crippen LogP contribution in [0.25, 0.3) is 22.3 Å². The Hall–Kier alpha value is -2.09. The molecule has 1 aromatic carbocycles. The fourth-order valence-corrected chi connectivity index (χ4v) is 4.66. The van der Waals surface area contributed by atoms with Crippen molar-refractivity contribution in [2.24, 2.45) is 0 Å². The van der Waals surface area contributed by atoms with Gasteiger partial charge in [-0.05, 0) is 55.7 Å². The van der Waals surface area contributed by atoms with E-state index in [2.05, 4.69) is 35.9 Å². The summed E-state index contributed by atoms with van der Waals surface area (Å²) in [5, 5.41) is 1.27. The molecule has 0 radical (unpaired) electrons. The van der Waals surface area contributed by atoms with E-state index in [1.807, 2.05) is 31.3 Å². The Bertz CT molecular complexity index is 976. The number of ether oxygens (including phenoxy) is 1. The van der Waals surface area contributed by atoms with Crippen LogP contribution in [0.5, 0.6) is 0 Å². The Morgan fingerprint density at radius 3 is 2.97 bits per heavy atom. The van der Waals surface area contributed by atoms with Crippen molar-refractivity contribution in [2.75, 3.05) is 24.7 Å². The number of anilines is 1. The quantitative estimate of drug-likeness (QED) is 0.622. The Kier molecular flexibility index (Phi) is 6.08. The van der Waals surface area contributed by atoms with Gasteiger partial charge in [-0.3, -0.25) is 0 Å². The largest absolute Gasteiger partial charge is 0.616 e. The molecule has 154 valence electrons. The number of nitrogens with one attached hydrogen (secondary N) is 1. The number of nitrogens with zero attached hydrogens (tertiary/aromatic N) is 3. The topological polar surface area (TPSA) is 77.1 Å². The second-order valence-corrected chi connectivity index (χ2v) is 9.54. The fraction of sp³-hybridized carbons (Fsp3) is 0.455.